The van der Waals surface area contributed by atoms with Gasteiger partial charge in [-0.15, -0.1) is 0 Å². The molecule has 0 aromatic carbocycles. The number of aromatic nitrogens is 2. The number of rotatable bonds is 2. The van der Waals surface area contributed by atoms with Gasteiger partial charge in [-0.05, 0) is 5.41 Å². The normalized spacial score (nSPS) is 14.1. The first kappa shape index (κ1) is 11.9. The zero-order chi connectivity index (χ0) is 10.8. The lowest BCUT2D eigenvalue weighted by molar-refractivity contribution is 0.394. The smallest absolute Gasteiger partial charge is 0.129 e. The Kier molecular flexibility index (Phi) is 3.90. The van der Waals surface area contributed by atoms with E-state index >= 15 is 0 Å². The second-order valence-electron chi connectivity index (χ2n) is 4.36. The van der Waals surface area contributed by atoms with Gasteiger partial charge in [0.1, 0.15) is 5.82 Å². The first-order chi connectivity index (χ1) is 6.39. The average Bonchev–Trinajstić information content (AvgIpc) is 2.07. The number of nitrogens with zero attached hydrogens (tertiary/aromatic N) is 2. The first-order valence-corrected chi connectivity index (χ1v) is 5.79. The minimum atomic E-state index is 0.211. The van der Waals surface area contributed by atoms with Gasteiger partial charge < -0.3 is 0 Å². The van der Waals surface area contributed by atoms with Gasteiger partial charge in [-0.3, -0.25) is 0 Å². The molecular weight excluding hydrogens is 263 g/mol. The summed E-state index contributed by atoms with van der Waals surface area (Å²) in [5.41, 5.74) is 0.211. The average molecular weight is 278 g/mol. The Morgan fingerprint density at radius 3 is 2.29 bits per heavy atom. The fourth-order valence-corrected chi connectivity index (χ4v) is 1.30. The fraction of sp³-hybridized carbons (Fsp3) is 0.600. The Balaban J connectivity index is 2.65. The van der Waals surface area contributed by atoms with Gasteiger partial charge in [0.05, 0.1) is 5.02 Å². The predicted molar refractivity (Wildman–Crippen MR) is 62.9 cm³/mol. The molecule has 0 N–H and O–H groups in total. The maximum atomic E-state index is 5.70. The van der Waals surface area contributed by atoms with Crippen molar-refractivity contribution in [2.75, 3.05) is 0 Å². The van der Waals surface area contributed by atoms with Crippen LogP contribution in [0.25, 0.3) is 0 Å². The second-order valence-corrected chi connectivity index (χ2v) is 5.90. The summed E-state index contributed by atoms with van der Waals surface area (Å²) < 4.78 is 0. The van der Waals surface area contributed by atoms with Crippen molar-refractivity contribution in [3.05, 3.63) is 23.2 Å². The van der Waals surface area contributed by atoms with E-state index in [1.54, 1.807) is 12.4 Å². The summed E-state index contributed by atoms with van der Waals surface area (Å²) in [7, 11) is 0. The maximum absolute atomic E-state index is 5.70. The molecule has 0 aliphatic rings. The van der Waals surface area contributed by atoms with Crippen LogP contribution in [0.1, 0.15) is 26.6 Å². The van der Waals surface area contributed by atoms with Crippen LogP contribution in [0.5, 0.6) is 0 Å². The summed E-state index contributed by atoms with van der Waals surface area (Å²) in [5, 5.41) is 0.579. The fourth-order valence-electron chi connectivity index (χ4n) is 0.911. The molecule has 0 saturated carbocycles. The van der Waals surface area contributed by atoms with E-state index in [1.165, 1.54) is 0 Å². The molecule has 0 spiro atoms. The van der Waals surface area contributed by atoms with E-state index in [9.17, 15) is 0 Å². The molecule has 14 heavy (non-hydrogen) atoms. The molecule has 2 nitrogen and oxygen atoms in total. The van der Waals surface area contributed by atoms with Crippen LogP contribution in [0.3, 0.4) is 0 Å². The van der Waals surface area contributed by atoms with E-state index in [4.69, 9.17) is 11.6 Å². The Bertz CT molecular complexity index is 292. The number of hydrogen-bond acceptors (Lipinski definition) is 2. The van der Waals surface area contributed by atoms with Crippen molar-refractivity contribution in [3.63, 3.8) is 0 Å². The van der Waals surface area contributed by atoms with Crippen LogP contribution in [0, 0.1) is 5.41 Å². The van der Waals surface area contributed by atoms with E-state index in [1.807, 2.05) is 0 Å². The van der Waals surface area contributed by atoms with Crippen LogP contribution < -0.4 is 0 Å². The van der Waals surface area contributed by atoms with E-state index < -0.39 is 0 Å². The Morgan fingerprint density at radius 2 is 1.86 bits per heavy atom. The molecule has 1 aromatic rings. The van der Waals surface area contributed by atoms with Crippen LogP contribution in [-0.2, 0) is 6.42 Å². The highest BCUT2D eigenvalue weighted by molar-refractivity contribution is 9.09. The molecule has 0 radical (unpaired) electrons. The first-order valence-electron chi connectivity index (χ1n) is 4.50. The standard InChI is InChI=1S/C10H14BrClN2/c1-10(2,3)8(11)4-9-13-5-7(12)6-14-9/h5-6,8H,4H2,1-3H3. The topological polar surface area (TPSA) is 25.8 Å². The molecular formula is C10H14BrClN2. The summed E-state index contributed by atoms with van der Waals surface area (Å²) >= 11 is 9.34. The molecule has 0 bridgehead atoms. The maximum Gasteiger partial charge on any atom is 0.129 e. The Labute approximate surface area is 98.2 Å². The lowest BCUT2D eigenvalue weighted by atomic mass is 9.90. The highest BCUT2D eigenvalue weighted by Crippen LogP contribution is 2.28. The lowest BCUT2D eigenvalue weighted by Gasteiger charge is -2.24. The third kappa shape index (κ3) is 3.54. The van der Waals surface area contributed by atoms with Crippen molar-refractivity contribution in [1.82, 2.24) is 9.97 Å². The second kappa shape index (κ2) is 4.58. The van der Waals surface area contributed by atoms with Crippen LogP contribution in [0.4, 0.5) is 0 Å². The zero-order valence-electron chi connectivity index (χ0n) is 8.59. The van der Waals surface area contributed by atoms with E-state index in [2.05, 4.69) is 46.7 Å². The monoisotopic (exact) mass is 276 g/mol. The molecule has 4 heteroatoms. The minimum Gasteiger partial charge on any atom is -0.240 e. The summed E-state index contributed by atoms with van der Waals surface area (Å²) in [4.78, 5) is 8.69. The molecule has 0 amide bonds. The zero-order valence-corrected chi connectivity index (χ0v) is 10.9. The van der Waals surface area contributed by atoms with E-state index in [0.717, 1.165) is 12.2 Å². The van der Waals surface area contributed by atoms with Gasteiger partial charge in [-0.1, -0.05) is 48.3 Å². The molecule has 0 fully saturated rings. The van der Waals surface area contributed by atoms with Crippen molar-refractivity contribution in [2.24, 2.45) is 5.41 Å². The molecule has 0 aliphatic carbocycles. The summed E-state index contributed by atoms with van der Waals surface area (Å²) in [6.45, 7) is 6.55. The van der Waals surface area contributed by atoms with Crippen molar-refractivity contribution in [3.8, 4) is 0 Å². The third-order valence-electron chi connectivity index (χ3n) is 1.98. The SMILES string of the molecule is CC(C)(C)C(Br)Cc1ncc(Cl)cn1. The minimum absolute atomic E-state index is 0.211. The largest absolute Gasteiger partial charge is 0.240 e. The molecule has 1 atom stereocenters. The highest BCUT2D eigenvalue weighted by atomic mass is 79.9. The van der Waals surface area contributed by atoms with Crippen molar-refractivity contribution in [2.45, 2.75) is 32.0 Å². The van der Waals surface area contributed by atoms with Gasteiger partial charge >= 0.3 is 0 Å². The highest BCUT2D eigenvalue weighted by Gasteiger charge is 2.22. The van der Waals surface area contributed by atoms with Crippen molar-refractivity contribution >= 4 is 27.5 Å². The number of hydrogen-bond donors (Lipinski definition) is 0. The van der Waals surface area contributed by atoms with Crippen LogP contribution in [-0.4, -0.2) is 14.8 Å². The van der Waals surface area contributed by atoms with Gasteiger partial charge in [0.2, 0.25) is 0 Å². The molecule has 78 valence electrons. The Hall–Kier alpha value is -0.150. The summed E-state index contributed by atoms with van der Waals surface area (Å²) in [6, 6.07) is 0. The summed E-state index contributed by atoms with van der Waals surface area (Å²) in [5.74, 6) is 0.825. The molecule has 1 rings (SSSR count). The Morgan fingerprint density at radius 1 is 1.36 bits per heavy atom. The molecule has 0 saturated heterocycles. The lowest BCUT2D eigenvalue weighted by Crippen LogP contribution is -2.23. The van der Waals surface area contributed by atoms with Gasteiger partial charge in [0.25, 0.3) is 0 Å². The molecule has 1 aromatic heterocycles. The summed E-state index contributed by atoms with van der Waals surface area (Å²) in [6.07, 6.45) is 4.08. The van der Waals surface area contributed by atoms with Gasteiger partial charge in [0.15, 0.2) is 0 Å². The van der Waals surface area contributed by atoms with Crippen molar-refractivity contribution in [1.29, 1.82) is 0 Å². The number of alkyl halides is 1. The van der Waals surface area contributed by atoms with Crippen molar-refractivity contribution < 1.29 is 0 Å². The van der Waals surface area contributed by atoms with Crippen LogP contribution >= 0.6 is 27.5 Å². The van der Waals surface area contributed by atoms with Crippen LogP contribution in [0.2, 0.25) is 5.02 Å². The van der Waals surface area contributed by atoms with Gasteiger partial charge in [0, 0.05) is 23.6 Å². The van der Waals surface area contributed by atoms with E-state index in [0.29, 0.717) is 9.85 Å². The third-order valence-corrected chi connectivity index (χ3v) is 3.87. The van der Waals surface area contributed by atoms with Gasteiger partial charge in [-0.25, -0.2) is 9.97 Å². The van der Waals surface area contributed by atoms with E-state index in [-0.39, 0.29) is 5.41 Å². The predicted octanol–water partition coefficient (Wildman–Crippen LogP) is 3.48. The molecule has 1 unspecified atom stereocenters. The molecule has 0 aliphatic heterocycles. The molecule has 1 heterocycles. The number of halogens is 2. The van der Waals surface area contributed by atoms with Crippen LogP contribution in [0.15, 0.2) is 12.4 Å². The quantitative estimate of drug-likeness (QED) is 0.774. The van der Waals surface area contributed by atoms with Gasteiger partial charge in [-0.2, -0.15) is 0 Å².